The van der Waals surface area contributed by atoms with Crippen LogP contribution in [-0.2, 0) is 12.8 Å². The number of likely N-dealkylation sites (tertiary alicyclic amines) is 1. The molecule has 0 radical (unpaired) electrons. The van der Waals surface area contributed by atoms with E-state index in [1.54, 1.807) is 26.4 Å². The predicted molar refractivity (Wildman–Crippen MR) is 115 cm³/mol. The molecular weight excluding hydrogens is 366 g/mol. The Kier molecular flexibility index (Phi) is 8.05. The Bertz CT molecular complexity index is 754. The van der Waals surface area contributed by atoms with E-state index in [0.717, 1.165) is 48.6 Å². The van der Waals surface area contributed by atoms with Gasteiger partial charge in [-0.25, -0.2) is 0 Å². The number of ether oxygens (including phenoxy) is 3. The molecule has 158 valence electrons. The smallest absolute Gasteiger partial charge is 0.129 e. The third-order valence-corrected chi connectivity index (χ3v) is 5.54. The largest absolute Gasteiger partial charge is 0.508 e. The fourth-order valence-electron chi connectivity index (χ4n) is 3.87. The van der Waals surface area contributed by atoms with Gasteiger partial charge in [0, 0.05) is 24.2 Å². The molecule has 0 aromatic heterocycles. The van der Waals surface area contributed by atoms with Crippen molar-refractivity contribution in [2.45, 2.75) is 38.5 Å². The van der Waals surface area contributed by atoms with Crippen molar-refractivity contribution in [3.8, 4) is 23.0 Å². The number of methoxy groups -OCH3 is 2. The lowest BCUT2D eigenvalue weighted by Crippen LogP contribution is -2.33. The molecule has 5 heteroatoms. The van der Waals surface area contributed by atoms with Crippen LogP contribution in [0.5, 0.6) is 23.0 Å². The van der Waals surface area contributed by atoms with Gasteiger partial charge < -0.3 is 19.3 Å². The van der Waals surface area contributed by atoms with Crippen molar-refractivity contribution in [2.75, 3.05) is 40.5 Å². The molecule has 1 heterocycles. The number of hydrogen-bond donors (Lipinski definition) is 1. The second kappa shape index (κ2) is 11.0. The number of rotatable bonds is 10. The summed E-state index contributed by atoms with van der Waals surface area (Å²) in [7, 11) is 3.35. The Morgan fingerprint density at radius 3 is 2.31 bits per heavy atom. The molecule has 0 aliphatic carbocycles. The van der Waals surface area contributed by atoms with Crippen molar-refractivity contribution in [3.05, 3.63) is 47.5 Å². The molecule has 3 rings (SSSR count). The van der Waals surface area contributed by atoms with Gasteiger partial charge in [0.1, 0.15) is 29.6 Å². The molecule has 29 heavy (non-hydrogen) atoms. The quantitative estimate of drug-likeness (QED) is 0.640. The zero-order valence-electron chi connectivity index (χ0n) is 17.7. The first-order valence-electron chi connectivity index (χ1n) is 10.6. The maximum atomic E-state index is 9.44. The first kappa shape index (κ1) is 21.3. The van der Waals surface area contributed by atoms with Crippen molar-refractivity contribution in [1.82, 2.24) is 4.90 Å². The van der Waals surface area contributed by atoms with Crippen molar-refractivity contribution < 1.29 is 19.3 Å². The van der Waals surface area contributed by atoms with Gasteiger partial charge in [-0.3, -0.25) is 4.90 Å². The van der Waals surface area contributed by atoms with Crippen molar-refractivity contribution >= 4 is 0 Å². The molecule has 0 atom stereocenters. The second-order valence-electron chi connectivity index (χ2n) is 7.58. The maximum absolute atomic E-state index is 9.44. The molecule has 0 unspecified atom stereocenters. The topological polar surface area (TPSA) is 51.2 Å². The van der Waals surface area contributed by atoms with Gasteiger partial charge in [0.2, 0.25) is 0 Å². The lowest BCUT2D eigenvalue weighted by molar-refractivity contribution is 0.182. The Morgan fingerprint density at radius 1 is 0.897 bits per heavy atom. The molecule has 2 aromatic rings. The SMILES string of the molecule is COc1cc(OC)c(CCCc2ccc(O)cc2)c(OCCN2CCCCC2)c1. The number of aromatic hydroxyl groups is 1. The van der Waals surface area contributed by atoms with Crippen LogP contribution in [-0.4, -0.2) is 50.5 Å². The number of piperidine rings is 1. The summed E-state index contributed by atoms with van der Waals surface area (Å²) < 4.78 is 17.3. The van der Waals surface area contributed by atoms with Crippen LogP contribution in [0.2, 0.25) is 0 Å². The molecule has 1 fully saturated rings. The average molecular weight is 400 g/mol. The minimum atomic E-state index is 0.301. The summed E-state index contributed by atoms with van der Waals surface area (Å²) in [5, 5.41) is 9.44. The van der Waals surface area contributed by atoms with Gasteiger partial charge >= 0.3 is 0 Å². The number of benzene rings is 2. The van der Waals surface area contributed by atoms with E-state index >= 15 is 0 Å². The summed E-state index contributed by atoms with van der Waals surface area (Å²) in [6.45, 7) is 3.96. The highest BCUT2D eigenvalue weighted by Gasteiger charge is 2.15. The first-order valence-corrected chi connectivity index (χ1v) is 10.6. The Morgan fingerprint density at radius 2 is 1.62 bits per heavy atom. The van der Waals surface area contributed by atoms with Crippen LogP contribution in [0.15, 0.2) is 36.4 Å². The fraction of sp³-hybridized carbons (Fsp3) is 0.500. The van der Waals surface area contributed by atoms with Gasteiger partial charge in [0.05, 0.1) is 14.2 Å². The third-order valence-electron chi connectivity index (χ3n) is 5.54. The molecule has 0 spiro atoms. The lowest BCUT2D eigenvalue weighted by Gasteiger charge is -2.26. The molecule has 1 aliphatic heterocycles. The minimum Gasteiger partial charge on any atom is -0.508 e. The number of phenolic OH excluding ortho intramolecular Hbond substituents is 1. The van der Waals surface area contributed by atoms with Gasteiger partial charge in [0.15, 0.2) is 0 Å². The van der Waals surface area contributed by atoms with Crippen molar-refractivity contribution in [2.24, 2.45) is 0 Å². The highest BCUT2D eigenvalue weighted by atomic mass is 16.5. The van der Waals surface area contributed by atoms with E-state index in [1.165, 1.54) is 37.9 Å². The van der Waals surface area contributed by atoms with Crippen LogP contribution < -0.4 is 14.2 Å². The Hall–Kier alpha value is -2.40. The molecule has 0 amide bonds. The van der Waals surface area contributed by atoms with Crippen LogP contribution in [0.4, 0.5) is 0 Å². The van der Waals surface area contributed by atoms with Crippen LogP contribution in [0.1, 0.15) is 36.8 Å². The monoisotopic (exact) mass is 399 g/mol. The summed E-state index contributed by atoms with van der Waals surface area (Å²) in [6.07, 6.45) is 6.67. The molecule has 0 saturated carbocycles. The number of nitrogens with zero attached hydrogens (tertiary/aromatic N) is 1. The Labute approximate surface area is 174 Å². The van der Waals surface area contributed by atoms with E-state index in [4.69, 9.17) is 14.2 Å². The van der Waals surface area contributed by atoms with E-state index < -0.39 is 0 Å². The molecule has 1 N–H and O–H groups in total. The predicted octanol–water partition coefficient (Wildman–Crippen LogP) is 4.45. The van der Waals surface area contributed by atoms with Gasteiger partial charge in [-0.2, -0.15) is 0 Å². The van der Waals surface area contributed by atoms with Crippen LogP contribution in [0.25, 0.3) is 0 Å². The van der Waals surface area contributed by atoms with Gasteiger partial charge in [-0.15, -0.1) is 0 Å². The highest BCUT2D eigenvalue weighted by Crippen LogP contribution is 2.35. The summed E-state index contributed by atoms with van der Waals surface area (Å²) in [6, 6.07) is 11.3. The second-order valence-corrected chi connectivity index (χ2v) is 7.58. The first-order chi connectivity index (χ1) is 14.2. The maximum Gasteiger partial charge on any atom is 0.129 e. The van der Waals surface area contributed by atoms with Crippen molar-refractivity contribution in [1.29, 1.82) is 0 Å². The van der Waals surface area contributed by atoms with Gasteiger partial charge in [-0.05, 0) is 62.9 Å². The molecule has 1 aliphatic rings. The van der Waals surface area contributed by atoms with Gasteiger partial charge in [0.25, 0.3) is 0 Å². The summed E-state index contributed by atoms with van der Waals surface area (Å²) in [4.78, 5) is 2.48. The van der Waals surface area contributed by atoms with E-state index in [9.17, 15) is 5.11 Å². The van der Waals surface area contributed by atoms with Crippen LogP contribution in [0.3, 0.4) is 0 Å². The average Bonchev–Trinajstić information content (AvgIpc) is 2.76. The third kappa shape index (κ3) is 6.29. The van der Waals surface area contributed by atoms with E-state index in [2.05, 4.69) is 4.90 Å². The zero-order valence-corrected chi connectivity index (χ0v) is 17.7. The number of aryl methyl sites for hydroxylation is 1. The normalized spacial score (nSPS) is 14.6. The van der Waals surface area contributed by atoms with Crippen LogP contribution >= 0.6 is 0 Å². The number of phenols is 1. The summed E-state index contributed by atoms with van der Waals surface area (Å²) in [5.74, 6) is 2.71. The molecule has 5 nitrogen and oxygen atoms in total. The minimum absolute atomic E-state index is 0.301. The summed E-state index contributed by atoms with van der Waals surface area (Å²) in [5.41, 5.74) is 2.30. The van der Waals surface area contributed by atoms with E-state index in [0.29, 0.717) is 12.4 Å². The molecule has 0 bridgehead atoms. The highest BCUT2D eigenvalue weighted by molar-refractivity contribution is 5.51. The van der Waals surface area contributed by atoms with Crippen LogP contribution in [0, 0.1) is 0 Å². The lowest BCUT2D eigenvalue weighted by atomic mass is 10.0. The van der Waals surface area contributed by atoms with E-state index in [1.807, 2.05) is 24.3 Å². The molecule has 1 saturated heterocycles. The van der Waals surface area contributed by atoms with Gasteiger partial charge in [-0.1, -0.05) is 18.6 Å². The Balaban J connectivity index is 1.64. The summed E-state index contributed by atoms with van der Waals surface area (Å²) >= 11 is 0. The fourth-order valence-corrected chi connectivity index (χ4v) is 3.87. The number of hydrogen-bond acceptors (Lipinski definition) is 5. The molecular formula is C24H33NO4. The van der Waals surface area contributed by atoms with E-state index in [-0.39, 0.29) is 0 Å². The standard InChI is InChI=1S/C24H33NO4/c1-27-21-17-23(28-2)22(8-6-7-19-9-11-20(26)12-10-19)24(18-21)29-16-15-25-13-4-3-5-14-25/h9-12,17-18,26H,3-8,13-16H2,1-2H3. The van der Waals surface area contributed by atoms with Crippen molar-refractivity contribution in [3.63, 3.8) is 0 Å². The molecule has 2 aromatic carbocycles. The zero-order chi connectivity index (χ0) is 20.5.